The van der Waals surface area contributed by atoms with Crippen LogP contribution in [0.1, 0.15) is 16.7 Å². The van der Waals surface area contributed by atoms with Gasteiger partial charge in [-0.3, -0.25) is 4.90 Å². The Labute approximate surface area is 150 Å². The predicted octanol–water partition coefficient (Wildman–Crippen LogP) is 3.82. The topological polar surface area (TPSA) is 18.5 Å². The maximum atomic E-state index is 5.58. The Kier molecular flexibility index (Phi) is 5.48. The first-order chi connectivity index (χ1) is 11.6. The average Bonchev–Trinajstić information content (AvgIpc) is 2.55. The molecule has 2 aromatic rings. The van der Waals surface area contributed by atoms with Gasteiger partial charge in [0.05, 0.1) is 0 Å². The second kappa shape index (κ2) is 7.77. The van der Waals surface area contributed by atoms with Crippen LogP contribution in [-0.2, 0) is 6.54 Å². The Bertz CT molecular complexity index is 706. The van der Waals surface area contributed by atoms with Crippen molar-refractivity contribution in [2.45, 2.75) is 20.4 Å². The molecule has 1 saturated heterocycles. The number of hydrogen-bond acceptors (Lipinski definition) is 2. The predicted molar refractivity (Wildman–Crippen MR) is 105 cm³/mol. The number of nitrogens with zero attached hydrogens (tertiary/aromatic N) is 2. The molecule has 0 aliphatic carbocycles. The van der Waals surface area contributed by atoms with Gasteiger partial charge in [-0.15, -0.1) is 0 Å². The molecule has 1 heterocycles. The van der Waals surface area contributed by atoms with Crippen molar-refractivity contribution in [3.05, 3.63) is 65.2 Å². The average molecular weight is 340 g/mol. The van der Waals surface area contributed by atoms with E-state index in [2.05, 4.69) is 77.5 Å². The lowest BCUT2D eigenvalue weighted by atomic mass is 10.1. The molecule has 1 aliphatic heterocycles. The second-order valence-corrected chi connectivity index (χ2v) is 6.94. The van der Waals surface area contributed by atoms with E-state index in [1.54, 1.807) is 0 Å². The molecule has 0 radical (unpaired) electrons. The molecule has 0 bridgehead atoms. The number of thiocarbonyl (C=S) groups is 1. The zero-order valence-corrected chi connectivity index (χ0v) is 15.3. The van der Waals surface area contributed by atoms with Crippen LogP contribution >= 0.6 is 12.2 Å². The molecule has 0 atom stereocenters. The highest BCUT2D eigenvalue weighted by Crippen LogP contribution is 2.13. The van der Waals surface area contributed by atoms with Crippen molar-refractivity contribution < 1.29 is 0 Å². The molecular formula is C20H25N3S. The van der Waals surface area contributed by atoms with E-state index < -0.39 is 0 Å². The highest BCUT2D eigenvalue weighted by Gasteiger charge is 2.19. The second-order valence-electron chi connectivity index (χ2n) is 6.55. The number of piperazine rings is 1. The van der Waals surface area contributed by atoms with E-state index in [-0.39, 0.29) is 0 Å². The maximum absolute atomic E-state index is 5.58. The summed E-state index contributed by atoms with van der Waals surface area (Å²) < 4.78 is 0. The Morgan fingerprint density at radius 2 is 1.62 bits per heavy atom. The number of aryl methyl sites for hydroxylation is 2. The van der Waals surface area contributed by atoms with Gasteiger partial charge in [0.15, 0.2) is 5.11 Å². The smallest absolute Gasteiger partial charge is 0.173 e. The lowest BCUT2D eigenvalue weighted by Crippen LogP contribution is -2.49. The number of rotatable bonds is 3. The van der Waals surface area contributed by atoms with Crippen molar-refractivity contribution in [3.63, 3.8) is 0 Å². The molecule has 0 saturated carbocycles. The molecule has 1 aliphatic rings. The molecule has 0 amide bonds. The van der Waals surface area contributed by atoms with E-state index in [1.165, 1.54) is 16.7 Å². The summed E-state index contributed by atoms with van der Waals surface area (Å²) in [5, 5.41) is 4.19. The molecule has 126 valence electrons. The van der Waals surface area contributed by atoms with E-state index >= 15 is 0 Å². The van der Waals surface area contributed by atoms with Crippen molar-refractivity contribution in [2.75, 3.05) is 31.5 Å². The van der Waals surface area contributed by atoms with Crippen molar-refractivity contribution in [3.8, 4) is 0 Å². The normalized spacial score (nSPS) is 15.3. The van der Waals surface area contributed by atoms with Crippen molar-refractivity contribution in [2.24, 2.45) is 0 Å². The number of anilines is 1. The van der Waals surface area contributed by atoms with Crippen LogP contribution in [0, 0.1) is 13.8 Å². The first-order valence-electron chi connectivity index (χ1n) is 8.51. The van der Waals surface area contributed by atoms with Gasteiger partial charge in [0.25, 0.3) is 0 Å². The van der Waals surface area contributed by atoms with Crippen LogP contribution in [0.4, 0.5) is 5.69 Å². The summed E-state index contributed by atoms with van der Waals surface area (Å²) in [6, 6.07) is 17.1. The monoisotopic (exact) mass is 339 g/mol. The van der Waals surface area contributed by atoms with Gasteiger partial charge in [-0.25, -0.2) is 0 Å². The summed E-state index contributed by atoms with van der Waals surface area (Å²) in [7, 11) is 0. The van der Waals surface area contributed by atoms with Crippen molar-refractivity contribution in [1.82, 2.24) is 9.80 Å². The lowest BCUT2D eigenvalue weighted by Gasteiger charge is -2.36. The number of benzene rings is 2. The van der Waals surface area contributed by atoms with Gasteiger partial charge in [-0.05, 0) is 49.3 Å². The quantitative estimate of drug-likeness (QED) is 0.857. The molecule has 4 heteroatoms. The molecule has 24 heavy (non-hydrogen) atoms. The molecule has 3 nitrogen and oxygen atoms in total. The van der Waals surface area contributed by atoms with Gasteiger partial charge in [0, 0.05) is 38.4 Å². The van der Waals surface area contributed by atoms with E-state index in [0.29, 0.717) is 0 Å². The standard InChI is InChI=1S/C20H25N3S/c1-16-5-3-7-18(13-16)15-22-9-11-23(12-10-22)20(24)21-19-8-4-6-17(2)14-19/h3-8,13-14H,9-12,15H2,1-2H3,(H,21,24). The molecule has 0 spiro atoms. The molecule has 2 aromatic carbocycles. The van der Waals surface area contributed by atoms with Crippen molar-refractivity contribution in [1.29, 1.82) is 0 Å². The van der Waals surface area contributed by atoms with E-state index in [9.17, 15) is 0 Å². The summed E-state index contributed by atoms with van der Waals surface area (Å²) in [5.41, 5.74) is 5.03. The molecule has 1 N–H and O–H groups in total. The summed E-state index contributed by atoms with van der Waals surface area (Å²) in [6.07, 6.45) is 0. The van der Waals surface area contributed by atoms with Crippen LogP contribution in [0.2, 0.25) is 0 Å². The Hall–Kier alpha value is -1.91. The molecule has 0 aromatic heterocycles. The number of nitrogens with one attached hydrogen (secondary N) is 1. The van der Waals surface area contributed by atoms with E-state index in [4.69, 9.17) is 12.2 Å². The molecule has 3 rings (SSSR count). The highest BCUT2D eigenvalue weighted by molar-refractivity contribution is 7.80. The van der Waals surface area contributed by atoms with Gasteiger partial charge < -0.3 is 10.2 Å². The lowest BCUT2D eigenvalue weighted by molar-refractivity contribution is 0.177. The Morgan fingerprint density at radius 3 is 2.29 bits per heavy atom. The van der Waals surface area contributed by atoms with Gasteiger partial charge in [0.1, 0.15) is 0 Å². The minimum absolute atomic E-state index is 0.829. The fourth-order valence-corrected chi connectivity index (χ4v) is 3.40. The molecule has 1 fully saturated rings. The summed E-state index contributed by atoms with van der Waals surface area (Å²) in [5.74, 6) is 0. The zero-order valence-electron chi connectivity index (χ0n) is 14.5. The zero-order chi connectivity index (χ0) is 16.9. The fourth-order valence-electron chi connectivity index (χ4n) is 3.10. The van der Waals surface area contributed by atoms with Gasteiger partial charge in [-0.1, -0.05) is 42.0 Å². The van der Waals surface area contributed by atoms with Crippen LogP contribution in [0.25, 0.3) is 0 Å². The summed E-state index contributed by atoms with van der Waals surface area (Å²) in [4.78, 5) is 4.77. The molecule has 0 unspecified atom stereocenters. The van der Waals surface area contributed by atoms with Crippen LogP contribution in [0.5, 0.6) is 0 Å². The SMILES string of the molecule is Cc1cccc(CN2CCN(C(=S)Nc3cccc(C)c3)CC2)c1. The van der Waals surface area contributed by atoms with Crippen LogP contribution in [0.15, 0.2) is 48.5 Å². The number of hydrogen-bond donors (Lipinski definition) is 1. The third kappa shape index (κ3) is 4.56. The summed E-state index contributed by atoms with van der Waals surface area (Å²) >= 11 is 5.58. The largest absolute Gasteiger partial charge is 0.346 e. The first kappa shape index (κ1) is 16.9. The third-order valence-corrected chi connectivity index (χ3v) is 4.78. The van der Waals surface area contributed by atoms with Crippen LogP contribution in [-0.4, -0.2) is 41.1 Å². The fraction of sp³-hybridized carbons (Fsp3) is 0.350. The minimum Gasteiger partial charge on any atom is -0.346 e. The Balaban J connectivity index is 1.50. The summed E-state index contributed by atoms with van der Waals surface area (Å²) in [6.45, 7) is 9.31. The van der Waals surface area contributed by atoms with E-state index in [1.807, 2.05) is 0 Å². The maximum Gasteiger partial charge on any atom is 0.173 e. The van der Waals surface area contributed by atoms with Crippen LogP contribution < -0.4 is 5.32 Å². The Morgan fingerprint density at radius 1 is 0.958 bits per heavy atom. The van der Waals surface area contributed by atoms with Gasteiger partial charge >= 0.3 is 0 Å². The highest BCUT2D eigenvalue weighted by atomic mass is 32.1. The van der Waals surface area contributed by atoms with Crippen molar-refractivity contribution >= 4 is 23.0 Å². The van der Waals surface area contributed by atoms with Gasteiger partial charge in [-0.2, -0.15) is 0 Å². The van der Waals surface area contributed by atoms with E-state index in [0.717, 1.165) is 43.5 Å². The van der Waals surface area contributed by atoms with Gasteiger partial charge in [0.2, 0.25) is 0 Å². The molecular weight excluding hydrogens is 314 g/mol. The minimum atomic E-state index is 0.829. The first-order valence-corrected chi connectivity index (χ1v) is 8.91. The third-order valence-electron chi connectivity index (χ3n) is 4.42. The van der Waals surface area contributed by atoms with Crippen LogP contribution in [0.3, 0.4) is 0 Å².